The molecular formula is C25H27N3O3. The van der Waals surface area contributed by atoms with Crippen LogP contribution in [0.3, 0.4) is 0 Å². The quantitative estimate of drug-likeness (QED) is 0.462. The van der Waals surface area contributed by atoms with E-state index in [2.05, 4.69) is 16.0 Å². The van der Waals surface area contributed by atoms with Gasteiger partial charge in [-0.2, -0.15) is 0 Å². The summed E-state index contributed by atoms with van der Waals surface area (Å²) in [5, 5.41) is 8.76. The highest BCUT2D eigenvalue weighted by Crippen LogP contribution is 2.19. The first kappa shape index (κ1) is 21.9. The summed E-state index contributed by atoms with van der Waals surface area (Å²) in [5.41, 5.74) is 3.15. The van der Waals surface area contributed by atoms with Gasteiger partial charge in [0.25, 0.3) is 0 Å². The fourth-order valence-corrected chi connectivity index (χ4v) is 2.79. The van der Waals surface area contributed by atoms with Crippen molar-refractivity contribution in [2.24, 2.45) is 5.92 Å². The monoisotopic (exact) mass is 417 g/mol. The maximum atomic E-state index is 12.3. The fraction of sp³-hybridized carbons (Fsp3) is 0.200. The summed E-state index contributed by atoms with van der Waals surface area (Å²) in [4.78, 5) is 24.2. The molecule has 0 saturated carbocycles. The molecule has 3 rings (SSSR count). The lowest BCUT2D eigenvalue weighted by Crippen LogP contribution is -2.22. The summed E-state index contributed by atoms with van der Waals surface area (Å²) in [6.45, 7) is 4.24. The SMILES string of the molecule is CC(C)C(=O)Nc1cccc(NC(=O)CNc2cccc(OCc3ccccc3)c2)c1. The lowest BCUT2D eigenvalue weighted by molar-refractivity contribution is -0.119. The highest BCUT2D eigenvalue weighted by molar-refractivity contribution is 5.96. The van der Waals surface area contributed by atoms with Crippen LogP contribution in [0.25, 0.3) is 0 Å². The normalized spacial score (nSPS) is 10.4. The van der Waals surface area contributed by atoms with Crippen molar-refractivity contribution in [1.29, 1.82) is 0 Å². The molecule has 0 bridgehead atoms. The van der Waals surface area contributed by atoms with E-state index in [1.54, 1.807) is 24.3 Å². The number of hydrogen-bond acceptors (Lipinski definition) is 4. The molecule has 0 fully saturated rings. The zero-order valence-corrected chi connectivity index (χ0v) is 17.7. The Hall–Kier alpha value is -3.80. The smallest absolute Gasteiger partial charge is 0.243 e. The van der Waals surface area contributed by atoms with E-state index in [4.69, 9.17) is 4.74 Å². The van der Waals surface area contributed by atoms with Gasteiger partial charge >= 0.3 is 0 Å². The van der Waals surface area contributed by atoms with Crippen LogP contribution in [0.15, 0.2) is 78.9 Å². The first-order valence-electron chi connectivity index (χ1n) is 10.2. The second-order valence-corrected chi connectivity index (χ2v) is 7.43. The minimum absolute atomic E-state index is 0.0699. The second kappa shape index (κ2) is 10.8. The number of benzene rings is 3. The largest absolute Gasteiger partial charge is 0.489 e. The average molecular weight is 418 g/mol. The third-order valence-corrected chi connectivity index (χ3v) is 4.47. The molecule has 0 heterocycles. The number of carbonyl (C=O) groups excluding carboxylic acids is 2. The van der Waals surface area contributed by atoms with Gasteiger partial charge in [0, 0.05) is 29.0 Å². The third-order valence-electron chi connectivity index (χ3n) is 4.47. The van der Waals surface area contributed by atoms with Gasteiger partial charge in [-0.3, -0.25) is 9.59 Å². The van der Waals surface area contributed by atoms with E-state index in [-0.39, 0.29) is 24.3 Å². The van der Waals surface area contributed by atoms with Gasteiger partial charge in [-0.1, -0.05) is 56.3 Å². The Labute approximate surface area is 182 Å². The molecule has 0 aliphatic heterocycles. The van der Waals surface area contributed by atoms with Crippen LogP contribution in [0, 0.1) is 5.92 Å². The molecular weight excluding hydrogens is 390 g/mol. The molecule has 6 heteroatoms. The molecule has 3 aromatic rings. The summed E-state index contributed by atoms with van der Waals surface area (Å²) in [6, 6.07) is 24.5. The van der Waals surface area contributed by atoms with Crippen molar-refractivity contribution in [1.82, 2.24) is 0 Å². The van der Waals surface area contributed by atoms with Crippen molar-refractivity contribution in [3.8, 4) is 5.75 Å². The molecule has 0 saturated heterocycles. The van der Waals surface area contributed by atoms with Crippen LogP contribution in [0.4, 0.5) is 17.1 Å². The molecule has 3 aromatic carbocycles. The predicted octanol–water partition coefficient (Wildman–Crippen LogP) is 4.91. The van der Waals surface area contributed by atoms with E-state index in [1.165, 1.54) is 0 Å². The maximum Gasteiger partial charge on any atom is 0.243 e. The number of ether oxygens (including phenoxy) is 1. The van der Waals surface area contributed by atoms with Crippen molar-refractivity contribution in [3.05, 3.63) is 84.4 Å². The van der Waals surface area contributed by atoms with E-state index >= 15 is 0 Å². The molecule has 0 atom stereocenters. The van der Waals surface area contributed by atoms with Gasteiger partial charge in [0.05, 0.1) is 6.54 Å². The summed E-state index contributed by atoms with van der Waals surface area (Å²) in [5.74, 6) is 0.347. The van der Waals surface area contributed by atoms with Gasteiger partial charge < -0.3 is 20.7 Å². The van der Waals surface area contributed by atoms with E-state index in [0.29, 0.717) is 18.0 Å². The molecule has 2 amide bonds. The molecule has 0 aromatic heterocycles. The van der Waals surface area contributed by atoms with Crippen molar-refractivity contribution < 1.29 is 14.3 Å². The maximum absolute atomic E-state index is 12.3. The van der Waals surface area contributed by atoms with Crippen LogP contribution in [0.1, 0.15) is 19.4 Å². The molecule has 160 valence electrons. The molecule has 0 aliphatic rings. The van der Waals surface area contributed by atoms with Crippen LogP contribution in [0.5, 0.6) is 5.75 Å². The number of hydrogen-bond donors (Lipinski definition) is 3. The fourth-order valence-electron chi connectivity index (χ4n) is 2.79. The molecule has 6 nitrogen and oxygen atoms in total. The minimum Gasteiger partial charge on any atom is -0.489 e. The molecule has 0 unspecified atom stereocenters. The first-order valence-corrected chi connectivity index (χ1v) is 10.2. The molecule has 0 radical (unpaired) electrons. The second-order valence-electron chi connectivity index (χ2n) is 7.43. The van der Waals surface area contributed by atoms with Crippen LogP contribution in [-0.4, -0.2) is 18.4 Å². The summed E-state index contributed by atoms with van der Waals surface area (Å²) in [7, 11) is 0. The number of carbonyl (C=O) groups is 2. The van der Waals surface area contributed by atoms with E-state index in [0.717, 1.165) is 17.0 Å². The average Bonchev–Trinajstić information content (AvgIpc) is 2.77. The number of amides is 2. The van der Waals surface area contributed by atoms with Crippen molar-refractivity contribution in [3.63, 3.8) is 0 Å². The van der Waals surface area contributed by atoms with Gasteiger partial charge in [-0.05, 0) is 35.9 Å². The Bertz CT molecular complexity index is 1020. The third kappa shape index (κ3) is 7.19. The Morgan fingerprint density at radius 1 is 0.806 bits per heavy atom. The lowest BCUT2D eigenvalue weighted by atomic mass is 10.2. The summed E-state index contributed by atoms with van der Waals surface area (Å²) in [6.07, 6.45) is 0. The van der Waals surface area contributed by atoms with Gasteiger partial charge in [0.2, 0.25) is 11.8 Å². The highest BCUT2D eigenvalue weighted by Gasteiger charge is 2.08. The van der Waals surface area contributed by atoms with Crippen LogP contribution < -0.4 is 20.7 Å². The minimum atomic E-state index is -0.192. The number of rotatable bonds is 9. The Balaban J connectivity index is 1.50. The molecule has 3 N–H and O–H groups in total. The molecule has 31 heavy (non-hydrogen) atoms. The summed E-state index contributed by atoms with van der Waals surface area (Å²) < 4.78 is 5.82. The highest BCUT2D eigenvalue weighted by atomic mass is 16.5. The van der Waals surface area contributed by atoms with E-state index < -0.39 is 0 Å². The van der Waals surface area contributed by atoms with Crippen LogP contribution >= 0.6 is 0 Å². The Kier molecular flexibility index (Phi) is 7.65. The summed E-state index contributed by atoms with van der Waals surface area (Å²) >= 11 is 0. The first-order chi connectivity index (χ1) is 15.0. The van der Waals surface area contributed by atoms with E-state index in [1.807, 2.05) is 68.4 Å². The standard InChI is InChI=1S/C25H27N3O3/c1-18(2)25(30)28-22-12-6-11-21(14-22)27-24(29)16-26-20-10-7-13-23(15-20)31-17-19-8-4-3-5-9-19/h3-15,18,26H,16-17H2,1-2H3,(H,27,29)(H,28,30). The van der Waals surface area contributed by atoms with Crippen molar-refractivity contribution >= 4 is 28.9 Å². The van der Waals surface area contributed by atoms with Gasteiger partial charge in [0.15, 0.2) is 0 Å². The topological polar surface area (TPSA) is 79.5 Å². The Morgan fingerprint density at radius 3 is 2.23 bits per heavy atom. The van der Waals surface area contributed by atoms with Gasteiger partial charge in [0.1, 0.15) is 12.4 Å². The van der Waals surface area contributed by atoms with Crippen molar-refractivity contribution in [2.75, 3.05) is 22.5 Å². The molecule has 0 aliphatic carbocycles. The van der Waals surface area contributed by atoms with Crippen molar-refractivity contribution in [2.45, 2.75) is 20.5 Å². The zero-order chi connectivity index (χ0) is 22.1. The van der Waals surface area contributed by atoms with E-state index in [9.17, 15) is 9.59 Å². The Morgan fingerprint density at radius 2 is 1.48 bits per heavy atom. The van der Waals surface area contributed by atoms with Crippen LogP contribution in [0.2, 0.25) is 0 Å². The van der Waals surface area contributed by atoms with Gasteiger partial charge in [-0.15, -0.1) is 0 Å². The van der Waals surface area contributed by atoms with Gasteiger partial charge in [-0.25, -0.2) is 0 Å². The number of anilines is 3. The van der Waals surface area contributed by atoms with Crippen LogP contribution in [-0.2, 0) is 16.2 Å². The predicted molar refractivity (Wildman–Crippen MR) is 124 cm³/mol. The lowest BCUT2D eigenvalue weighted by Gasteiger charge is -2.12. The zero-order valence-electron chi connectivity index (χ0n) is 17.7. The molecule has 0 spiro atoms. The number of nitrogens with one attached hydrogen (secondary N) is 3.